The Kier molecular flexibility index (Phi) is 2.43. The zero-order valence-corrected chi connectivity index (χ0v) is 7.90. The first kappa shape index (κ1) is 9.12. The molecule has 0 radical (unpaired) electrons. The number of aromatic nitrogens is 1. The minimum atomic E-state index is -0.377. The summed E-state index contributed by atoms with van der Waals surface area (Å²) in [6.45, 7) is 0. The number of aryl methyl sites for hydroxylation is 2. The van der Waals surface area contributed by atoms with Crippen molar-refractivity contribution in [3.8, 4) is 0 Å². The Labute approximate surface area is 82.1 Å². The highest BCUT2D eigenvalue weighted by Crippen LogP contribution is 2.22. The predicted molar refractivity (Wildman–Crippen MR) is 52.2 cm³/mol. The summed E-state index contributed by atoms with van der Waals surface area (Å²) in [5.41, 5.74) is 2.23. The summed E-state index contributed by atoms with van der Waals surface area (Å²) in [6, 6.07) is 1.67. The summed E-state index contributed by atoms with van der Waals surface area (Å²) < 4.78 is 0. The third-order valence-corrected chi connectivity index (χ3v) is 2.62. The fraction of sp³-hybridized carbons (Fsp3) is 0.500. The Bertz CT molecular complexity index is 363. The Balaban J connectivity index is 2.37. The van der Waals surface area contributed by atoms with Crippen LogP contribution in [0, 0.1) is 10.1 Å². The zero-order valence-electron chi connectivity index (χ0n) is 7.90. The fourth-order valence-electron chi connectivity index (χ4n) is 1.85. The summed E-state index contributed by atoms with van der Waals surface area (Å²) in [6.07, 6.45) is 6.74. The van der Waals surface area contributed by atoms with Crippen LogP contribution in [0.2, 0.25) is 0 Å². The highest BCUT2D eigenvalue weighted by Gasteiger charge is 2.13. The van der Waals surface area contributed by atoms with Crippen molar-refractivity contribution in [1.29, 1.82) is 0 Å². The third-order valence-electron chi connectivity index (χ3n) is 2.62. The Morgan fingerprint density at radius 2 is 2.07 bits per heavy atom. The van der Waals surface area contributed by atoms with Gasteiger partial charge in [-0.1, -0.05) is 6.42 Å². The number of rotatable bonds is 1. The van der Waals surface area contributed by atoms with Crippen molar-refractivity contribution in [1.82, 2.24) is 4.98 Å². The van der Waals surface area contributed by atoms with Crippen molar-refractivity contribution < 1.29 is 4.92 Å². The van der Waals surface area contributed by atoms with Crippen LogP contribution < -0.4 is 0 Å². The molecule has 4 heteroatoms. The molecule has 14 heavy (non-hydrogen) atoms. The number of hydrogen-bond donors (Lipinski definition) is 0. The molecule has 0 N–H and O–H groups in total. The van der Waals surface area contributed by atoms with Gasteiger partial charge in [0.2, 0.25) is 0 Å². The van der Waals surface area contributed by atoms with Crippen LogP contribution in [0.1, 0.15) is 30.5 Å². The molecule has 0 aliphatic heterocycles. The molecule has 1 aliphatic carbocycles. The van der Waals surface area contributed by atoms with Crippen molar-refractivity contribution in [3.05, 3.63) is 33.6 Å². The van der Waals surface area contributed by atoms with Gasteiger partial charge in [-0.3, -0.25) is 15.1 Å². The molecule has 2 rings (SSSR count). The van der Waals surface area contributed by atoms with E-state index in [1.165, 1.54) is 12.6 Å². The summed E-state index contributed by atoms with van der Waals surface area (Å²) in [5, 5.41) is 10.5. The van der Waals surface area contributed by atoms with E-state index in [4.69, 9.17) is 0 Å². The van der Waals surface area contributed by atoms with Crippen LogP contribution in [-0.4, -0.2) is 9.91 Å². The van der Waals surface area contributed by atoms with Gasteiger partial charge in [0.25, 0.3) is 5.69 Å². The van der Waals surface area contributed by atoms with E-state index < -0.39 is 0 Å². The summed E-state index contributed by atoms with van der Waals surface area (Å²) in [5.74, 6) is 0. The lowest BCUT2D eigenvalue weighted by Crippen LogP contribution is -1.98. The maximum absolute atomic E-state index is 10.5. The van der Waals surface area contributed by atoms with E-state index in [1.54, 1.807) is 6.07 Å². The van der Waals surface area contributed by atoms with E-state index in [9.17, 15) is 10.1 Å². The van der Waals surface area contributed by atoms with Gasteiger partial charge < -0.3 is 0 Å². The van der Waals surface area contributed by atoms with Gasteiger partial charge in [0.05, 0.1) is 4.92 Å². The highest BCUT2D eigenvalue weighted by molar-refractivity contribution is 5.34. The van der Waals surface area contributed by atoms with Crippen molar-refractivity contribution in [2.24, 2.45) is 0 Å². The normalized spacial score (nSPS) is 15.7. The van der Waals surface area contributed by atoms with Crippen LogP contribution in [0.15, 0.2) is 12.3 Å². The molecule has 0 atom stereocenters. The van der Waals surface area contributed by atoms with E-state index in [2.05, 4.69) is 4.98 Å². The van der Waals surface area contributed by atoms with Gasteiger partial charge in [-0.2, -0.15) is 0 Å². The van der Waals surface area contributed by atoms with Crippen LogP contribution >= 0.6 is 0 Å². The van der Waals surface area contributed by atoms with Crippen LogP contribution in [0.25, 0.3) is 0 Å². The van der Waals surface area contributed by atoms with Crippen molar-refractivity contribution in [2.45, 2.75) is 32.1 Å². The molecular weight excluding hydrogens is 180 g/mol. The van der Waals surface area contributed by atoms with Gasteiger partial charge in [-0.25, -0.2) is 0 Å². The van der Waals surface area contributed by atoms with Crippen LogP contribution in [0.4, 0.5) is 5.69 Å². The molecule has 74 valence electrons. The van der Waals surface area contributed by atoms with Gasteiger partial charge in [-0.15, -0.1) is 0 Å². The van der Waals surface area contributed by atoms with Crippen molar-refractivity contribution >= 4 is 5.69 Å². The molecule has 1 aromatic heterocycles. The third kappa shape index (κ3) is 1.73. The topological polar surface area (TPSA) is 56.0 Å². The molecule has 0 fully saturated rings. The Hall–Kier alpha value is -1.45. The maximum Gasteiger partial charge on any atom is 0.287 e. The van der Waals surface area contributed by atoms with Crippen LogP contribution in [0.3, 0.4) is 0 Å². The summed E-state index contributed by atoms with van der Waals surface area (Å²) in [4.78, 5) is 14.3. The second kappa shape index (κ2) is 3.74. The van der Waals surface area contributed by atoms with Gasteiger partial charge >= 0.3 is 0 Å². The lowest BCUT2D eigenvalue weighted by Gasteiger charge is -2.02. The number of fused-ring (bicyclic) bond motifs is 1. The molecule has 4 nitrogen and oxygen atoms in total. The Morgan fingerprint density at radius 1 is 1.29 bits per heavy atom. The predicted octanol–water partition coefficient (Wildman–Crippen LogP) is 2.26. The molecule has 1 aliphatic rings. The van der Waals surface area contributed by atoms with Gasteiger partial charge in [0, 0.05) is 11.8 Å². The molecule has 0 saturated carbocycles. The van der Waals surface area contributed by atoms with E-state index in [-0.39, 0.29) is 10.6 Å². The SMILES string of the molecule is O=[N+]([O-])c1cnc2c(c1)CCCCC2. The van der Waals surface area contributed by atoms with E-state index in [0.29, 0.717) is 0 Å². The molecular formula is C10H12N2O2. The van der Waals surface area contributed by atoms with E-state index in [0.717, 1.165) is 36.9 Å². The molecule has 0 saturated heterocycles. The molecule has 0 amide bonds. The smallest absolute Gasteiger partial charge is 0.258 e. The lowest BCUT2D eigenvalue weighted by atomic mass is 10.1. The van der Waals surface area contributed by atoms with E-state index >= 15 is 0 Å². The minimum absolute atomic E-state index is 0.116. The fourth-order valence-corrected chi connectivity index (χ4v) is 1.85. The second-order valence-corrected chi connectivity index (χ2v) is 3.62. The van der Waals surface area contributed by atoms with Gasteiger partial charge in [0.1, 0.15) is 6.20 Å². The zero-order chi connectivity index (χ0) is 9.97. The number of nitro groups is 1. The lowest BCUT2D eigenvalue weighted by molar-refractivity contribution is -0.385. The monoisotopic (exact) mass is 192 g/mol. The van der Waals surface area contributed by atoms with Gasteiger partial charge in [-0.05, 0) is 31.2 Å². The Morgan fingerprint density at radius 3 is 2.86 bits per heavy atom. The molecule has 0 aromatic carbocycles. The highest BCUT2D eigenvalue weighted by atomic mass is 16.6. The average molecular weight is 192 g/mol. The first-order chi connectivity index (χ1) is 6.77. The molecule has 0 bridgehead atoms. The van der Waals surface area contributed by atoms with Gasteiger partial charge in [0.15, 0.2) is 0 Å². The molecule has 0 spiro atoms. The second-order valence-electron chi connectivity index (χ2n) is 3.62. The van der Waals surface area contributed by atoms with Crippen molar-refractivity contribution in [2.75, 3.05) is 0 Å². The first-order valence-corrected chi connectivity index (χ1v) is 4.89. The van der Waals surface area contributed by atoms with Crippen LogP contribution in [0.5, 0.6) is 0 Å². The summed E-state index contributed by atoms with van der Waals surface area (Å²) >= 11 is 0. The summed E-state index contributed by atoms with van der Waals surface area (Å²) in [7, 11) is 0. The molecule has 1 heterocycles. The number of hydrogen-bond acceptors (Lipinski definition) is 3. The average Bonchev–Trinajstić information content (AvgIpc) is 2.41. The minimum Gasteiger partial charge on any atom is -0.258 e. The largest absolute Gasteiger partial charge is 0.287 e. The molecule has 1 aromatic rings. The van der Waals surface area contributed by atoms with Crippen LogP contribution in [-0.2, 0) is 12.8 Å². The number of nitrogens with zero attached hydrogens (tertiary/aromatic N) is 2. The van der Waals surface area contributed by atoms with Crippen molar-refractivity contribution in [3.63, 3.8) is 0 Å². The van der Waals surface area contributed by atoms with E-state index in [1.807, 2.05) is 0 Å². The number of pyridine rings is 1. The maximum atomic E-state index is 10.5. The first-order valence-electron chi connectivity index (χ1n) is 4.89. The quantitative estimate of drug-likeness (QED) is 0.389. The molecule has 0 unspecified atom stereocenters. The standard InChI is InChI=1S/C10H12N2O2/c13-12(14)9-6-8-4-2-1-3-5-10(8)11-7-9/h6-7H,1-5H2.